The molecule has 9 heteroatoms. The van der Waals surface area contributed by atoms with Gasteiger partial charge in [0.05, 0.1) is 24.7 Å². The SMILES string of the molecule is CCCSc1nc(NCCOCC)c2cnn(CCNC(=O)C3CCCCC3)c2n1. The van der Waals surface area contributed by atoms with Crippen LogP contribution in [0.15, 0.2) is 11.4 Å². The van der Waals surface area contributed by atoms with Gasteiger partial charge in [-0.05, 0) is 26.2 Å². The van der Waals surface area contributed by atoms with Crippen molar-refractivity contribution in [3.8, 4) is 0 Å². The van der Waals surface area contributed by atoms with Gasteiger partial charge >= 0.3 is 0 Å². The number of rotatable bonds is 12. The highest BCUT2D eigenvalue weighted by Gasteiger charge is 2.20. The number of carbonyl (C=O) groups is 1. The van der Waals surface area contributed by atoms with Gasteiger partial charge in [0.25, 0.3) is 0 Å². The molecule has 0 bridgehead atoms. The summed E-state index contributed by atoms with van der Waals surface area (Å²) in [7, 11) is 0. The fraction of sp³-hybridized carbons (Fsp3) is 0.714. The van der Waals surface area contributed by atoms with E-state index < -0.39 is 0 Å². The number of anilines is 1. The van der Waals surface area contributed by atoms with E-state index in [1.54, 1.807) is 18.0 Å². The summed E-state index contributed by atoms with van der Waals surface area (Å²) in [5.74, 6) is 2.11. The van der Waals surface area contributed by atoms with E-state index in [1.165, 1.54) is 6.42 Å². The Kier molecular flexibility index (Phi) is 9.20. The van der Waals surface area contributed by atoms with Gasteiger partial charge in [-0.2, -0.15) is 5.10 Å². The number of hydrogen-bond acceptors (Lipinski definition) is 7. The second kappa shape index (κ2) is 12.1. The summed E-state index contributed by atoms with van der Waals surface area (Å²) in [5, 5.41) is 12.6. The Morgan fingerprint density at radius 1 is 1.23 bits per heavy atom. The fourth-order valence-corrected chi connectivity index (χ4v) is 4.37. The Labute approximate surface area is 182 Å². The first-order valence-electron chi connectivity index (χ1n) is 11.2. The van der Waals surface area contributed by atoms with E-state index in [9.17, 15) is 4.79 Å². The smallest absolute Gasteiger partial charge is 0.223 e. The number of amides is 1. The lowest BCUT2D eigenvalue weighted by atomic mass is 9.89. The zero-order chi connectivity index (χ0) is 21.2. The van der Waals surface area contributed by atoms with Gasteiger partial charge in [-0.25, -0.2) is 14.6 Å². The quantitative estimate of drug-likeness (QED) is 0.300. The van der Waals surface area contributed by atoms with Crippen molar-refractivity contribution in [3.05, 3.63) is 6.20 Å². The van der Waals surface area contributed by atoms with Crippen LogP contribution in [0.2, 0.25) is 0 Å². The van der Waals surface area contributed by atoms with Crippen LogP contribution in [0.1, 0.15) is 52.4 Å². The average molecular weight is 435 g/mol. The number of ether oxygens (including phenoxy) is 1. The molecule has 2 aromatic rings. The summed E-state index contributed by atoms with van der Waals surface area (Å²) in [6.45, 7) is 7.28. The van der Waals surface area contributed by atoms with E-state index in [1.807, 2.05) is 11.6 Å². The standard InChI is InChI=1S/C21H34N6O2S/c1-3-14-30-21-25-18(22-11-13-29-4-2)17-15-24-27(19(17)26-21)12-10-23-20(28)16-8-6-5-7-9-16/h15-16H,3-14H2,1-2H3,(H,23,28)(H,22,25,26). The van der Waals surface area contributed by atoms with Gasteiger partial charge in [0.2, 0.25) is 5.91 Å². The van der Waals surface area contributed by atoms with Crippen molar-refractivity contribution in [2.75, 3.05) is 37.4 Å². The third-order valence-corrected chi connectivity index (χ3v) is 6.31. The molecule has 1 saturated carbocycles. The first-order valence-corrected chi connectivity index (χ1v) is 12.2. The highest BCUT2D eigenvalue weighted by molar-refractivity contribution is 7.99. The van der Waals surface area contributed by atoms with E-state index in [4.69, 9.17) is 9.72 Å². The number of fused-ring (bicyclic) bond motifs is 1. The van der Waals surface area contributed by atoms with Crippen LogP contribution in [-0.4, -0.2) is 57.7 Å². The largest absolute Gasteiger partial charge is 0.380 e. The van der Waals surface area contributed by atoms with Crippen LogP contribution in [0.4, 0.5) is 5.82 Å². The summed E-state index contributed by atoms with van der Waals surface area (Å²) >= 11 is 1.65. The third kappa shape index (κ3) is 6.31. The molecular weight excluding hydrogens is 400 g/mol. The molecule has 0 atom stereocenters. The van der Waals surface area contributed by atoms with Crippen molar-refractivity contribution in [3.63, 3.8) is 0 Å². The number of thioether (sulfide) groups is 1. The van der Waals surface area contributed by atoms with E-state index in [2.05, 4.69) is 27.6 Å². The lowest BCUT2D eigenvalue weighted by Gasteiger charge is -2.20. The van der Waals surface area contributed by atoms with Crippen molar-refractivity contribution in [2.45, 2.75) is 64.1 Å². The Morgan fingerprint density at radius 2 is 2.07 bits per heavy atom. The normalized spacial score (nSPS) is 14.9. The molecule has 8 nitrogen and oxygen atoms in total. The van der Waals surface area contributed by atoms with Crippen molar-refractivity contribution in [1.82, 2.24) is 25.1 Å². The Bertz CT molecular complexity index is 806. The summed E-state index contributed by atoms with van der Waals surface area (Å²) in [4.78, 5) is 21.8. The molecule has 30 heavy (non-hydrogen) atoms. The van der Waals surface area contributed by atoms with Crippen LogP contribution in [0.5, 0.6) is 0 Å². The van der Waals surface area contributed by atoms with Crippen LogP contribution in [-0.2, 0) is 16.1 Å². The van der Waals surface area contributed by atoms with Gasteiger partial charge in [-0.15, -0.1) is 0 Å². The predicted octanol–water partition coefficient (Wildman–Crippen LogP) is 3.47. The minimum atomic E-state index is 0.175. The second-order valence-electron chi connectivity index (χ2n) is 7.56. The molecule has 2 N–H and O–H groups in total. The van der Waals surface area contributed by atoms with Crippen LogP contribution < -0.4 is 10.6 Å². The highest BCUT2D eigenvalue weighted by Crippen LogP contribution is 2.25. The molecule has 0 spiro atoms. The predicted molar refractivity (Wildman–Crippen MR) is 121 cm³/mol. The molecular formula is C21H34N6O2S. The second-order valence-corrected chi connectivity index (χ2v) is 8.62. The number of nitrogens with one attached hydrogen (secondary N) is 2. The molecule has 0 saturated heterocycles. The summed E-state index contributed by atoms with van der Waals surface area (Å²) in [5.41, 5.74) is 0.800. The van der Waals surface area contributed by atoms with E-state index in [0.717, 1.165) is 59.9 Å². The molecule has 0 unspecified atom stereocenters. The molecule has 2 aromatic heterocycles. The monoisotopic (exact) mass is 434 g/mol. The highest BCUT2D eigenvalue weighted by atomic mass is 32.2. The number of aromatic nitrogens is 4. The van der Waals surface area contributed by atoms with Gasteiger partial charge in [-0.1, -0.05) is 37.9 Å². The molecule has 1 amide bonds. The zero-order valence-corrected chi connectivity index (χ0v) is 19.0. The first kappa shape index (κ1) is 22.8. The third-order valence-electron chi connectivity index (χ3n) is 5.25. The first-order chi connectivity index (χ1) is 14.7. The van der Waals surface area contributed by atoms with Crippen LogP contribution >= 0.6 is 11.8 Å². The molecule has 1 aliphatic carbocycles. The minimum absolute atomic E-state index is 0.175. The Balaban J connectivity index is 1.66. The maximum Gasteiger partial charge on any atom is 0.223 e. The van der Waals surface area contributed by atoms with Crippen molar-refractivity contribution >= 4 is 34.5 Å². The zero-order valence-electron chi connectivity index (χ0n) is 18.2. The molecule has 1 fully saturated rings. The fourth-order valence-electron chi connectivity index (χ4n) is 3.67. The molecule has 166 valence electrons. The summed E-state index contributed by atoms with van der Waals surface area (Å²) in [6.07, 6.45) is 8.46. The molecule has 2 heterocycles. The van der Waals surface area contributed by atoms with E-state index in [-0.39, 0.29) is 11.8 Å². The molecule has 0 radical (unpaired) electrons. The molecule has 0 aromatic carbocycles. The van der Waals surface area contributed by atoms with Crippen LogP contribution in [0.3, 0.4) is 0 Å². The molecule has 0 aliphatic heterocycles. The lowest BCUT2D eigenvalue weighted by molar-refractivity contribution is -0.125. The van der Waals surface area contributed by atoms with Crippen LogP contribution in [0, 0.1) is 5.92 Å². The molecule has 3 rings (SSSR count). The van der Waals surface area contributed by atoms with Crippen LogP contribution in [0.25, 0.3) is 11.0 Å². The van der Waals surface area contributed by atoms with Crippen molar-refractivity contribution in [2.24, 2.45) is 5.92 Å². The topological polar surface area (TPSA) is 94.0 Å². The van der Waals surface area contributed by atoms with Crippen molar-refractivity contribution < 1.29 is 9.53 Å². The van der Waals surface area contributed by atoms with E-state index >= 15 is 0 Å². The van der Waals surface area contributed by atoms with Gasteiger partial charge in [0, 0.05) is 31.4 Å². The van der Waals surface area contributed by atoms with E-state index in [0.29, 0.717) is 32.8 Å². The van der Waals surface area contributed by atoms with Crippen molar-refractivity contribution in [1.29, 1.82) is 0 Å². The number of nitrogens with zero attached hydrogens (tertiary/aromatic N) is 4. The minimum Gasteiger partial charge on any atom is -0.380 e. The van der Waals surface area contributed by atoms with Gasteiger partial charge in [0.1, 0.15) is 5.82 Å². The van der Waals surface area contributed by atoms with Gasteiger partial charge < -0.3 is 15.4 Å². The van der Waals surface area contributed by atoms with Gasteiger partial charge in [0.15, 0.2) is 10.8 Å². The number of hydrogen-bond donors (Lipinski definition) is 2. The Morgan fingerprint density at radius 3 is 2.83 bits per heavy atom. The molecule has 1 aliphatic rings. The number of carbonyl (C=O) groups excluding carboxylic acids is 1. The van der Waals surface area contributed by atoms with Gasteiger partial charge in [-0.3, -0.25) is 4.79 Å². The average Bonchev–Trinajstić information content (AvgIpc) is 3.18. The Hall–Kier alpha value is -1.87. The lowest BCUT2D eigenvalue weighted by Crippen LogP contribution is -2.34. The maximum absolute atomic E-state index is 12.4. The maximum atomic E-state index is 12.4. The summed E-state index contributed by atoms with van der Waals surface area (Å²) < 4.78 is 7.28. The summed E-state index contributed by atoms with van der Waals surface area (Å²) in [6, 6.07) is 0.